The molecule has 12 heteroatoms. The Bertz CT molecular complexity index is 1130. The van der Waals surface area contributed by atoms with Gasteiger partial charge in [-0.15, -0.1) is 0 Å². The van der Waals surface area contributed by atoms with Gasteiger partial charge in [-0.05, 0) is 36.4 Å². The summed E-state index contributed by atoms with van der Waals surface area (Å²) in [7, 11) is 0. The van der Waals surface area contributed by atoms with E-state index in [4.69, 9.17) is 21.5 Å². The van der Waals surface area contributed by atoms with Gasteiger partial charge in [0.1, 0.15) is 30.9 Å². The average molecular weight is 485 g/mol. The zero-order chi connectivity index (χ0) is 24.2. The molecule has 0 radical (unpaired) electrons. The molecular formula is C21H20ClF3N4O4. The number of amides is 1. The topological polar surface area (TPSA) is 111 Å². The van der Waals surface area contributed by atoms with Gasteiger partial charge in [0.15, 0.2) is 0 Å². The number of carbonyl (C=O) groups excluding carboxylic acids is 2. The second-order valence-electron chi connectivity index (χ2n) is 7.41. The quantitative estimate of drug-likeness (QED) is 0.504. The molecule has 3 N–H and O–H groups in total. The number of rotatable bonds is 4. The van der Waals surface area contributed by atoms with Crippen LogP contribution in [0.25, 0.3) is 5.52 Å². The van der Waals surface area contributed by atoms with Gasteiger partial charge in [0, 0.05) is 23.3 Å². The van der Waals surface area contributed by atoms with Crippen LogP contribution in [0.3, 0.4) is 0 Å². The summed E-state index contributed by atoms with van der Waals surface area (Å²) in [6, 6.07) is 12.8. The Morgan fingerprint density at radius 2 is 1.91 bits per heavy atom. The van der Waals surface area contributed by atoms with E-state index in [1.165, 1.54) is 4.90 Å². The molecule has 176 valence electrons. The molecule has 0 aliphatic carbocycles. The third-order valence-electron chi connectivity index (χ3n) is 4.93. The van der Waals surface area contributed by atoms with E-state index in [2.05, 4.69) is 10.3 Å². The molecular weight excluding hydrogens is 465 g/mol. The number of likely N-dealkylation sites (tertiary alicyclic amines) is 1. The predicted octanol–water partition coefficient (Wildman–Crippen LogP) is 0.688. The Morgan fingerprint density at radius 1 is 1.24 bits per heavy atom. The van der Waals surface area contributed by atoms with Crippen molar-refractivity contribution in [2.45, 2.75) is 25.2 Å². The van der Waals surface area contributed by atoms with Crippen LogP contribution in [0.5, 0.6) is 0 Å². The molecule has 8 nitrogen and oxygen atoms in total. The highest BCUT2D eigenvalue weighted by molar-refractivity contribution is 6.30. The number of aliphatic hydroxyl groups is 1. The smallest absolute Gasteiger partial charge is 0.430 e. The maximum Gasteiger partial charge on any atom is 0.430 e. The largest absolute Gasteiger partial charge is 0.542 e. The Hall–Kier alpha value is -3.15. The first-order valence-corrected chi connectivity index (χ1v) is 10.2. The number of anilines is 1. The molecule has 2 aromatic heterocycles. The highest BCUT2D eigenvalue weighted by Gasteiger charge is 2.29. The van der Waals surface area contributed by atoms with E-state index in [0.717, 1.165) is 30.7 Å². The molecule has 3 heterocycles. The molecule has 0 saturated carbocycles. The summed E-state index contributed by atoms with van der Waals surface area (Å²) in [6.45, 7) is 2.33. The van der Waals surface area contributed by atoms with Crippen LogP contribution in [-0.2, 0) is 11.3 Å². The minimum absolute atomic E-state index is 0.244. The minimum atomic E-state index is -5.19. The van der Waals surface area contributed by atoms with E-state index in [-0.39, 0.29) is 12.0 Å². The highest BCUT2D eigenvalue weighted by Crippen LogP contribution is 2.17. The van der Waals surface area contributed by atoms with Crippen LogP contribution in [-0.4, -0.2) is 51.7 Å². The Balaban J connectivity index is 0.000000383. The first kappa shape index (κ1) is 24.5. The first-order chi connectivity index (χ1) is 15.5. The summed E-state index contributed by atoms with van der Waals surface area (Å²) in [4.78, 5) is 27.4. The van der Waals surface area contributed by atoms with Gasteiger partial charge in [0.05, 0.1) is 12.1 Å². The lowest BCUT2D eigenvalue weighted by atomic mass is 10.3. The second-order valence-corrected chi connectivity index (χ2v) is 7.84. The van der Waals surface area contributed by atoms with Gasteiger partial charge in [-0.3, -0.25) is 9.20 Å². The summed E-state index contributed by atoms with van der Waals surface area (Å²) in [5.41, 5.74) is 2.46. The van der Waals surface area contributed by atoms with Gasteiger partial charge < -0.3 is 25.2 Å². The number of benzene rings is 1. The molecule has 1 aromatic carbocycles. The molecule has 1 saturated heterocycles. The molecule has 1 aliphatic heterocycles. The predicted molar refractivity (Wildman–Crippen MR) is 111 cm³/mol. The maximum absolute atomic E-state index is 12.7. The fourth-order valence-electron chi connectivity index (χ4n) is 3.42. The van der Waals surface area contributed by atoms with Gasteiger partial charge >= 0.3 is 6.18 Å². The van der Waals surface area contributed by atoms with Gasteiger partial charge in [-0.1, -0.05) is 17.7 Å². The number of hydrogen-bond donors (Lipinski definition) is 3. The lowest BCUT2D eigenvalue weighted by Gasteiger charge is -2.10. The van der Waals surface area contributed by atoms with Gasteiger partial charge in [-0.2, -0.15) is 13.2 Å². The van der Waals surface area contributed by atoms with E-state index in [9.17, 15) is 23.1 Å². The van der Waals surface area contributed by atoms with Crippen molar-refractivity contribution >= 4 is 34.7 Å². The summed E-state index contributed by atoms with van der Waals surface area (Å²) in [6.07, 6.45) is -2.78. The number of quaternary nitrogens is 1. The number of nitrogens with zero attached hydrogens (tertiary/aromatic N) is 2. The highest BCUT2D eigenvalue weighted by atomic mass is 35.5. The van der Waals surface area contributed by atoms with Gasteiger partial charge in [-0.25, -0.2) is 4.98 Å². The van der Waals surface area contributed by atoms with Crippen molar-refractivity contribution in [3.05, 3.63) is 65.2 Å². The fourth-order valence-corrected chi connectivity index (χ4v) is 3.54. The normalized spacial score (nSPS) is 18.0. The monoisotopic (exact) mass is 484 g/mol. The summed E-state index contributed by atoms with van der Waals surface area (Å²) >= 11 is 5.89. The Labute approximate surface area is 191 Å². The van der Waals surface area contributed by atoms with Crippen molar-refractivity contribution in [2.24, 2.45) is 0 Å². The number of nitrogens with one attached hydrogen (secondary N) is 2. The van der Waals surface area contributed by atoms with Crippen LogP contribution in [0.15, 0.2) is 48.7 Å². The van der Waals surface area contributed by atoms with E-state index in [0.29, 0.717) is 23.1 Å². The third-order valence-corrected chi connectivity index (χ3v) is 5.19. The van der Waals surface area contributed by atoms with Crippen LogP contribution in [0, 0.1) is 0 Å². The molecule has 33 heavy (non-hydrogen) atoms. The fraction of sp³-hybridized carbons (Fsp3) is 0.286. The molecule has 0 spiro atoms. The van der Waals surface area contributed by atoms with Crippen molar-refractivity contribution in [1.82, 2.24) is 9.38 Å². The molecule has 0 bridgehead atoms. The molecule has 2 atom stereocenters. The number of aliphatic hydroxyl groups excluding tert-OH is 1. The molecule has 2 unspecified atom stereocenters. The number of aliphatic carboxylic acids is 1. The number of alkyl halides is 3. The zero-order valence-electron chi connectivity index (χ0n) is 17.1. The number of carbonyl (C=O) groups is 2. The summed E-state index contributed by atoms with van der Waals surface area (Å²) in [5, 5.41) is 22.0. The van der Waals surface area contributed by atoms with E-state index < -0.39 is 12.1 Å². The van der Waals surface area contributed by atoms with Crippen LogP contribution >= 0.6 is 11.6 Å². The van der Waals surface area contributed by atoms with Crippen LogP contribution in [0.1, 0.15) is 22.7 Å². The third kappa shape index (κ3) is 6.44. The zero-order valence-corrected chi connectivity index (χ0v) is 17.9. The first-order valence-electron chi connectivity index (χ1n) is 9.87. The number of pyridine rings is 1. The second kappa shape index (κ2) is 10.2. The van der Waals surface area contributed by atoms with Crippen molar-refractivity contribution < 1.29 is 37.9 Å². The lowest BCUT2D eigenvalue weighted by Crippen LogP contribution is -3.09. The van der Waals surface area contributed by atoms with Gasteiger partial charge in [0.2, 0.25) is 5.82 Å². The van der Waals surface area contributed by atoms with Crippen molar-refractivity contribution in [2.75, 3.05) is 18.4 Å². The molecule has 4 rings (SSSR count). The van der Waals surface area contributed by atoms with E-state index >= 15 is 0 Å². The number of fused-ring (bicyclic) bond motifs is 1. The minimum Gasteiger partial charge on any atom is -0.542 e. The number of carboxylic acid groups (broad SMARTS) is 1. The molecule has 1 amide bonds. The number of carboxylic acids is 1. The van der Waals surface area contributed by atoms with Crippen LogP contribution in [0.2, 0.25) is 5.02 Å². The number of aromatic nitrogens is 2. The summed E-state index contributed by atoms with van der Waals surface area (Å²) < 4.78 is 33.4. The lowest BCUT2D eigenvalue weighted by molar-refractivity contribution is -0.902. The maximum atomic E-state index is 12.7. The Morgan fingerprint density at radius 3 is 2.48 bits per heavy atom. The summed E-state index contributed by atoms with van der Waals surface area (Å²) in [5.74, 6) is -2.92. The van der Waals surface area contributed by atoms with Crippen molar-refractivity contribution in [1.29, 1.82) is 0 Å². The van der Waals surface area contributed by atoms with Crippen LogP contribution in [0.4, 0.5) is 18.9 Å². The SMILES string of the molecule is O=C(Nc1ccc(Cl)cc1)c1nc(C[NH+]2CCC(O)C2)c2ccccn12.O=C([O-])C(F)(F)F. The molecule has 1 aliphatic rings. The van der Waals surface area contributed by atoms with E-state index in [1.54, 1.807) is 24.3 Å². The van der Waals surface area contributed by atoms with Gasteiger partial charge in [0.25, 0.3) is 5.91 Å². The van der Waals surface area contributed by atoms with Crippen molar-refractivity contribution in [3.63, 3.8) is 0 Å². The van der Waals surface area contributed by atoms with E-state index in [1.807, 2.05) is 28.8 Å². The number of halogens is 4. The molecule has 1 fully saturated rings. The Kier molecular flexibility index (Phi) is 7.57. The average Bonchev–Trinajstić information content (AvgIpc) is 3.33. The molecule has 3 aromatic rings. The standard InChI is InChI=1S/C19H19ClN4O2.C2HF3O2/c20-13-4-6-14(7-5-13)21-19(26)18-22-16(12-23-10-8-15(25)11-23)17-3-1-2-9-24(17)18;3-2(4,5)1(6)7/h1-7,9,15,25H,8,10-12H2,(H,21,26);(H,6,7). The van der Waals surface area contributed by atoms with Crippen molar-refractivity contribution in [3.8, 4) is 0 Å². The van der Waals surface area contributed by atoms with Crippen LogP contribution < -0.4 is 15.3 Å². The number of imidazole rings is 1. The number of hydrogen-bond acceptors (Lipinski definition) is 5.